The summed E-state index contributed by atoms with van der Waals surface area (Å²) < 4.78 is 0. The first-order valence-electron chi connectivity index (χ1n) is 6.52. The summed E-state index contributed by atoms with van der Waals surface area (Å²) in [5, 5.41) is 15.6. The summed E-state index contributed by atoms with van der Waals surface area (Å²) in [6, 6.07) is 7.49. The first kappa shape index (κ1) is 12.2. The quantitative estimate of drug-likeness (QED) is 0.865. The summed E-state index contributed by atoms with van der Waals surface area (Å²) in [6.07, 6.45) is 0.636. The van der Waals surface area contributed by atoms with Crippen molar-refractivity contribution in [1.82, 2.24) is 4.90 Å². The minimum absolute atomic E-state index is 0.0158. The van der Waals surface area contributed by atoms with Crippen LogP contribution >= 0.6 is 0 Å². The second kappa shape index (κ2) is 4.66. The van der Waals surface area contributed by atoms with Gasteiger partial charge in [0.05, 0.1) is 11.8 Å². The first-order valence-corrected chi connectivity index (χ1v) is 6.52. The molecule has 2 aliphatic heterocycles. The van der Waals surface area contributed by atoms with Crippen molar-refractivity contribution < 1.29 is 9.90 Å². The molecular weight excluding hydrogens is 242 g/mol. The van der Waals surface area contributed by atoms with Gasteiger partial charge in [-0.1, -0.05) is 0 Å². The van der Waals surface area contributed by atoms with Crippen LogP contribution in [0, 0.1) is 0 Å². The number of rotatable bonds is 2. The zero-order chi connectivity index (χ0) is 13.4. The molecule has 0 atom stereocenters. The summed E-state index contributed by atoms with van der Waals surface area (Å²) in [5.74, 6) is -0.0158. The number of carbonyl (C=O) groups is 1. The summed E-state index contributed by atoms with van der Waals surface area (Å²) in [5.41, 5.74) is 2.81. The Morgan fingerprint density at radius 1 is 1.32 bits per heavy atom. The van der Waals surface area contributed by atoms with Gasteiger partial charge in [0.1, 0.15) is 0 Å². The van der Waals surface area contributed by atoms with E-state index in [1.807, 2.05) is 36.2 Å². The van der Waals surface area contributed by atoms with Gasteiger partial charge in [0.2, 0.25) is 0 Å². The van der Waals surface area contributed by atoms with E-state index in [1.165, 1.54) is 0 Å². The van der Waals surface area contributed by atoms with E-state index in [4.69, 9.17) is 0 Å². The molecule has 1 N–H and O–H groups in total. The molecule has 0 spiro atoms. The molecule has 5 heteroatoms. The van der Waals surface area contributed by atoms with Crippen molar-refractivity contribution in [3.8, 4) is 0 Å². The molecule has 0 aliphatic carbocycles. The lowest BCUT2D eigenvalue weighted by Gasteiger charge is -2.35. The first-order chi connectivity index (χ1) is 9.13. The second-order valence-corrected chi connectivity index (χ2v) is 5.12. The number of aliphatic hydroxyl groups excluding tert-OH is 1. The number of hydrogen-bond donors (Lipinski definition) is 1. The van der Waals surface area contributed by atoms with Crippen molar-refractivity contribution in [1.29, 1.82) is 0 Å². The van der Waals surface area contributed by atoms with Crippen LogP contribution in [-0.2, 0) is 0 Å². The average Bonchev–Trinajstić information content (AvgIpc) is 2.81. The molecule has 0 bridgehead atoms. The molecule has 0 radical (unpaired) electrons. The molecular formula is C14H17N3O2. The molecule has 1 saturated heterocycles. The summed E-state index contributed by atoms with van der Waals surface area (Å²) >= 11 is 0. The molecule has 0 aromatic heterocycles. The molecule has 3 rings (SSSR count). The van der Waals surface area contributed by atoms with Gasteiger partial charge in [-0.25, -0.2) is 0 Å². The Hall–Kier alpha value is -1.88. The molecule has 0 unspecified atom stereocenters. The zero-order valence-electron chi connectivity index (χ0n) is 10.9. The summed E-state index contributed by atoms with van der Waals surface area (Å²) in [6.45, 7) is 3.80. The fourth-order valence-corrected chi connectivity index (χ4v) is 2.34. The van der Waals surface area contributed by atoms with Gasteiger partial charge >= 0.3 is 0 Å². The smallest absolute Gasteiger partial charge is 0.254 e. The standard InChI is InChI=1S/C14H17N3O2/c1-10-6-7-17(15-10)12-4-2-11(3-5-12)14(19)16-8-13(18)9-16/h2-5,13,18H,6-9H2,1H3. The molecule has 100 valence electrons. The van der Waals surface area contributed by atoms with E-state index in [1.54, 1.807) is 4.90 Å². The van der Waals surface area contributed by atoms with E-state index in [9.17, 15) is 9.90 Å². The van der Waals surface area contributed by atoms with Gasteiger partial charge in [0.15, 0.2) is 0 Å². The van der Waals surface area contributed by atoms with Gasteiger partial charge in [-0.15, -0.1) is 0 Å². The van der Waals surface area contributed by atoms with Crippen molar-refractivity contribution in [3.63, 3.8) is 0 Å². The molecule has 1 fully saturated rings. The molecule has 1 aromatic rings. The van der Waals surface area contributed by atoms with E-state index in [0.717, 1.165) is 24.4 Å². The minimum Gasteiger partial charge on any atom is -0.389 e. The van der Waals surface area contributed by atoms with Crippen molar-refractivity contribution >= 4 is 17.3 Å². The highest BCUT2D eigenvalue weighted by molar-refractivity contribution is 5.95. The Labute approximate surface area is 112 Å². The number of hydrazone groups is 1. The van der Waals surface area contributed by atoms with Crippen molar-refractivity contribution in [3.05, 3.63) is 29.8 Å². The number of amides is 1. The maximum Gasteiger partial charge on any atom is 0.254 e. The normalized spacial score (nSPS) is 19.4. The molecule has 2 heterocycles. The molecule has 2 aliphatic rings. The van der Waals surface area contributed by atoms with Crippen molar-refractivity contribution in [2.45, 2.75) is 19.4 Å². The number of anilines is 1. The van der Waals surface area contributed by atoms with Crippen LogP contribution in [0.15, 0.2) is 29.4 Å². The molecule has 5 nitrogen and oxygen atoms in total. The maximum atomic E-state index is 12.0. The van der Waals surface area contributed by atoms with Crippen molar-refractivity contribution in [2.24, 2.45) is 5.10 Å². The topological polar surface area (TPSA) is 56.1 Å². The Bertz CT molecular complexity index is 518. The fourth-order valence-electron chi connectivity index (χ4n) is 2.34. The minimum atomic E-state index is -0.356. The number of β-amino-alcohol motifs (C(OH)–C–C–N with tert-alkyl or cyclic N) is 1. The van der Waals surface area contributed by atoms with Crippen LogP contribution in [-0.4, -0.2) is 47.4 Å². The van der Waals surface area contributed by atoms with Gasteiger partial charge in [-0.2, -0.15) is 5.10 Å². The Balaban J connectivity index is 1.70. The third-order valence-corrected chi connectivity index (χ3v) is 3.54. The highest BCUT2D eigenvalue weighted by Crippen LogP contribution is 2.21. The fraction of sp³-hybridized carbons (Fsp3) is 0.429. The predicted octanol–water partition coefficient (Wildman–Crippen LogP) is 1.09. The molecule has 1 amide bonds. The van der Waals surface area contributed by atoms with Crippen LogP contribution in [0.4, 0.5) is 5.69 Å². The third-order valence-electron chi connectivity index (χ3n) is 3.54. The van der Waals surface area contributed by atoms with E-state index in [0.29, 0.717) is 18.7 Å². The van der Waals surface area contributed by atoms with Gasteiger partial charge in [0.25, 0.3) is 5.91 Å². The zero-order valence-corrected chi connectivity index (χ0v) is 10.9. The monoisotopic (exact) mass is 259 g/mol. The van der Waals surface area contributed by atoms with Crippen LogP contribution in [0.25, 0.3) is 0 Å². The Kier molecular flexibility index (Phi) is 2.98. The molecule has 1 aromatic carbocycles. The van der Waals surface area contributed by atoms with Gasteiger partial charge in [-0.3, -0.25) is 9.80 Å². The number of hydrogen-bond acceptors (Lipinski definition) is 4. The van der Waals surface area contributed by atoms with Crippen LogP contribution in [0.5, 0.6) is 0 Å². The second-order valence-electron chi connectivity index (χ2n) is 5.12. The number of nitrogens with zero attached hydrogens (tertiary/aromatic N) is 3. The van der Waals surface area contributed by atoms with Crippen LogP contribution in [0.2, 0.25) is 0 Å². The third kappa shape index (κ3) is 2.33. The van der Waals surface area contributed by atoms with Gasteiger partial charge < -0.3 is 10.0 Å². The average molecular weight is 259 g/mol. The van der Waals surface area contributed by atoms with E-state index in [2.05, 4.69) is 5.10 Å². The van der Waals surface area contributed by atoms with Crippen LogP contribution in [0.3, 0.4) is 0 Å². The Morgan fingerprint density at radius 2 is 2.00 bits per heavy atom. The number of carbonyl (C=O) groups excluding carboxylic acids is 1. The Morgan fingerprint density at radius 3 is 2.53 bits per heavy atom. The molecule has 0 saturated carbocycles. The van der Waals surface area contributed by atoms with E-state index < -0.39 is 0 Å². The highest BCUT2D eigenvalue weighted by Gasteiger charge is 2.29. The lowest BCUT2D eigenvalue weighted by molar-refractivity contribution is 0.00590. The molecule has 19 heavy (non-hydrogen) atoms. The number of benzene rings is 1. The highest BCUT2D eigenvalue weighted by atomic mass is 16.3. The van der Waals surface area contributed by atoms with Crippen LogP contribution < -0.4 is 5.01 Å². The van der Waals surface area contributed by atoms with Gasteiger partial charge in [0, 0.05) is 37.3 Å². The van der Waals surface area contributed by atoms with E-state index >= 15 is 0 Å². The lowest BCUT2D eigenvalue weighted by Crippen LogP contribution is -2.53. The summed E-state index contributed by atoms with van der Waals surface area (Å²) in [7, 11) is 0. The van der Waals surface area contributed by atoms with E-state index in [-0.39, 0.29) is 12.0 Å². The SMILES string of the molecule is CC1=NN(c2ccc(C(=O)N3CC(O)C3)cc2)CC1. The summed E-state index contributed by atoms with van der Waals surface area (Å²) in [4.78, 5) is 13.7. The van der Waals surface area contributed by atoms with Gasteiger partial charge in [-0.05, 0) is 31.2 Å². The van der Waals surface area contributed by atoms with Crippen molar-refractivity contribution in [2.75, 3.05) is 24.6 Å². The van der Waals surface area contributed by atoms with Crippen LogP contribution in [0.1, 0.15) is 23.7 Å². The number of aliphatic hydroxyl groups is 1. The number of likely N-dealkylation sites (tertiary alicyclic amines) is 1. The lowest BCUT2D eigenvalue weighted by atomic mass is 10.1. The predicted molar refractivity (Wildman–Crippen MR) is 73.4 cm³/mol. The maximum absolute atomic E-state index is 12.0. The largest absolute Gasteiger partial charge is 0.389 e.